The van der Waals surface area contributed by atoms with Crippen molar-refractivity contribution < 1.29 is 14.3 Å². The molecule has 0 spiro atoms. The minimum atomic E-state index is -0.700. The topological polar surface area (TPSA) is 49.7 Å². The Morgan fingerprint density at radius 1 is 1.32 bits per heavy atom. The highest BCUT2D eigenvalue weighted by Crippen LogP contribution is 2.41. The number of hydrogen-bond acceptors (Lipinski definition) is 3. The molecule has 1 aromatic carbocycles. The molecular weight excluding hydrogens is 265 g/mol. The van der Waals surface area contributed by atoms with Gasteiger partial charge < -0.3 is 5.11 Å². The molecule has 1 aromatic rings. The molecule has 1 saturated carbocycles. The molecule has 1 aliphatic heterocycles. The smallest absolute Gasteiger partial charge is 0.306 e. The number of fused-ring (bicyclic) bond motifs is 1. The number of carboxylic acid groups (broad SMARTS) is 1. The zero-order valence-electron chi connectivity index (χ0n) is 10.3. The van der Waals surface area contributed by atoms with E-state index in [4.69, 9.17) is 5.11 Å². The molecule has 0 amide bonds. The van der Waals surface area contributed by atoms with Gasteiger partial charge in [-0.05, 0) is 43.5 Å². The molecule has 1 heterocycles. The highest BCUT2D eigenvalue weighted by molar-refractivity contribution is 8.15. The summed E-state index contributed by atoms with van der Waals surface area (Å²) in [4.78, 5) is 15.7. The Balaban J connectivity index is 1.75. The molecule has 1 fully saturated rings. The van der Waals surface area contributed by atoms with Gasteiger partial charge >= 0.3 is 5.97 Å². The van der Waals surface area contributed by atoms with Gasteiger partial charge in [0.05, 0.1) is 17.0 Å². The molecular formula is C14H14FNO2S. The first-order valence-electron chi connectivity index (χ1n) is 6.36. The number of hydrogen-bond donors (Lipinski definition) is 1. The molecule has 3 unspecified atom stereocenters. The van der Waals surface area contributed by atoms with Crippen LogP contribution < -0.4 is 0 Å². The second kappa shape index (κ2) is 4.96. The third-order valence-electron chi connectivity index (χ3n) is 3.74. The van der Waals surface area contributed by atoms with Crippen LogP contribution in [-0.4, -0.2) is 27.4 Å². The molecule has 2 aliphatic rings. The summed E-state index contributed by atoms with van der Waals surface area (Å²) < 4.78 is 12.9. The van der Waals surface area contributed by atoms with Crippen molar-refractivity contribution in [3.8, 4) is 0 Å². The van der Waals surface area contributed by atoms with Crippen molar-refractivity contribution in [3.05, 3.63) is 35.6 Å². The summed E-state index contributed by atoms with van der Waals surface area (Å²) in [5.41, 5.74) is 0.924. The van der Waals surface area contributed by atoms with Gasteiger partial charge in [0, 0.05) is 10.8 Å². The number of rotatable bonds is 2. The molecule has 1 aliphatic carbocycles. The van der Waals surface area contributed by atoms with Crippen molar-refractivity contribution in [2.75, 3.05) is 0 Å². The highest BCUT2D eigenvalue weighted by atomic mass is 32.2. The van der Waals surface area contributed by atoms with Gasteiger partial charge in [-0.1, -0.05) is 0 Å². The summed E-state index contributed by atoms with van der Waals surface area (Å²) in [6.07, 6.45) is 2.22. The summed E-state index contributed by atoms with van der Waals surface area (Å²) in [6.45, 7) is 0. The van der Waals surface area contributed by atoms with Crippen LogP contribution in [0.3, 0.4) is 0 Å². The zero-order chi connectivity index (χ0) is 13.4. The maximum Gasteiger partial charge on any atom is 0.306 e. The lowest BCUT2D eigenvalue weighted by Gasteiger charge is -2.27. The van der Waals surface area contributed by atoms with E-state index in [-0.39, 0.29) is 23.0 Å². The molecule has 5 heteroatoms. The number of halogens is 1. The summed E-state index contributed by atoms with van der Waals surface area (Å²) in [5.74, 6) is -1.19. The average Bonchev–Trinajstić information content (AvgIpc) is 2.82. The Morgan fingerprint density at radius 2 is 2.05 bits per heavy atom. The van der Waals surface area contributed by atoms with Crippen molar-refractivity contribution in [1.82, 2.24) is 0 Å². The van der Waals surface area contributed by atoms with Crippen LogP contribution >= 0.6 is 11.8 Å². The van der Waals surface area contributed by atoms with Crippen LogP contribution in [0.15, 0.2) is 29.3 Å². The van der Waals surface area contributed by atoms with Crippen molar-refractivity contribution in [2.45, 2.75) is 30.6 Å². The number of aliphatic carboxylic acids is 1. The number of carbonyl (C=O) groups is 1. The van der Waals surface area contributed by atoms with E-state index < -0.39 is 5.97 Å². The van der Waals surface area contributed by atoms with Gasteiger partial charge in [0.2, 0.25) is 0 Å². The number of nitrogens with zero attached hydrogens (tertiary/aromatic N) is 1. The summed E-state index contributed by atoms with van der Waals surface area (Å²) >= 11 is 1.64. The fourth-order valence-corrected chi connectivity index (χ4v) is 4.11. The van der Waals surface area contributed by atoms with Gasteiger partial charge in [0.25, 0.3) is 0 Å². The second-order valence-corrected chi connectivity index (χ2v) is 6.24. The first kappa shape index (κ1) is 12.7. The predicted molar refractivity (Wildman–Crippen MR) is 73.1 cm³/mol. The van der Waals surface area contributed by atoms with Crippen molar-refractivity contribution in [2.24, 2.45) is 10.9 Å². The van der Waals surface area contributed by atoms with Gasteiger partial charge in [-0.25, -0.2) is 4.39 Å². The summed E-state index contributed by atoms with van der Waals surface area (Å²) in [7, 11) is 0. The SMILES string of the molecule is O=C(O)C1CCC2N=C(c3ccc(F)cc3)SC2C1. The van der Waals surface area contributed by atoms with E-state index in [0.29, 0.717) is 12.8 Å². The standard InChI is InChI=1S/C14H14FNO2S/c15-10-4-1-8(2-5-10)13-16-11-6-3-9(14(17)18)7-12(11)19-13/h1-2,4-5,9,11-12H,3,6-7H2,(H,17,18). The molecule has 3 rings (SSSR count). The average molecular weight is 279 g/mol. The van der Waals surface area contributed by atoms with Crippen molar-refractivity contribution >= 4 is 22.8 Å². The van der Waals surface area contributed by atoms with Crippen LogP contribution in [0, 0.1) is 11.7 Å². The van der Waals surface area contributed by atoms with Crippen molar-refractivity contribution in [3.63, 3.8) is 0 Å². The molecule has 100 valence electrons. The predicted octanol–water partition coefficient (Wildman–Crippen LogP) is 2.94. The molecule has 0 radical (unpaired) electrons. The largest absolute Gasteiger partial charge is 0.481 e. The Labute approximate surface area is 114 Å². The van der Waals surface area contributed by atoms with Crippen molar-refractivity contribution in [1.29, 1.82) is 0 Å². The highest BCUT2D eigenvalue weighted by Gasteiger charge is 2.38. The third-order valence-corrected chi connectivity index (χ3v) is 5.12. The fourth-order valence-electron chi connectivity index (χ4n) is 2.67. The molecule has 3 nitrogen and oxygen atoms in total. The van der Waals surface area contributed by atoms with Crippen LogP contribution in [0.1, 0.15) is 24.8 Å². The van der Waals surface area contributed by atoms with Crippen LogP contribution in [0.25, 0.3) is 0 Å². The lowest BCUT2D eigenvalue weighted by molar-refractivity contribution is -0.142. The Bertz CT molecular complexity index is 529. The van der Waals surface area contributed by atoms with E-state index in [2.05, 4.69) is 4.99 Å². The third kappa shape index (κ3) is 2.52. The van der Waals surface area contributed by atoms with Crippen LogP contribution in [-0.2, 0) is 4.79 Å². The lowest BCUT2D eigenvalue weighted by Crippen LogP contribution is -2.31. The lowest BCUT2D eigenvalue weighted by atomic mass is 9.86. The maximum atomic E-state index is 12.9. The van der Waals surface area contributed by atoms with Crippen LogP contribution in [0.2, 0.25) is 0 Å². The van der Waals surface area contributed by atoms with Crippen LogP contribution in [0.4, 0.5) is 4.39 Å². The Kier molecular flexibility index (Phi) is 3.31. The first-order valence-corrected chi connectivity index (χ1v) is 7.24. The number of carboxylic acids is 1. The molecule has 19 heavy (non-hydrogen) atoms. The zero-order valence-corrected chi connectivity index (χ0v) is 11.1. The minimum absolute atomic E-state index is 0.223. The van der Waals surface area contributed by atoms with E-state index >= 15 is 0 Å². The second-order valence-electron chi connectivity index (χ2n) is 5.01. The van der Waals surface area contributed by atoms with Gasteiger partial charge in [0.15, 0.2) is 0 Å². The van der Waals surface area contributed by atoms with E-state index in [1.165, 1.54) is 12.1 Å². The molecule has 1 N–H and O–H groups in total. The van der Waals surface area contributed by atoms with Gasteiger partial charge in [-0.15, -0.1) is 11.8 Å². The molecule has 0 saturated heterocycles. The summed E-state index contributed by atoms with van der Waals surface area (Å²) in [6, 6.07) is 6.54. The molecule has 0 aromatic heterocycles. The molecule has 0 bridgehead atoms. The van der Waals surface area contributed by atoms with E-state index in [0.717, 1.165) is 17.0 Å². The minimum Gasteiger partial charge on any atom is -0.481 e. The number of benzene rings is 1. The van der Waals surface area contributed by atoms with Crippen LogP contribution in [0.5, 0.6) is 0 Å². The van der Waals surface area contributed by atoms with E-state index in [1.54, 1.807) is 23.9 Å². The van der Waals surface area contributed by atoms with Gasteiger partial charge in [0.1, 0.15) is 5.82 Å². The monoisotopic (exact) mass is 279 g/mol. The maximum absolute atomic E-state index is 12.9. The van der Waals surface area contributed by atoms with E-state index in [9.17, 15) is 9.18 Å². The summed E-state index contributed by atoms with van der Waals surface area (Å²) in [5, 5.41) is 10.3. The van der Waals surface area contributed by atoms with E-state index in [1.807, 2.05) is 0 Å². The molecule has 3 atom stereocenters. The van der Waals surface area contributed by atoms with Gasteiger partial charge in [-0.3, -0.25) is 9.79 Å². The first-order chi connectivity index (χ1) is 9.13. The Hall–Kier alpha value is -1.36. The fraction of sp³-hybridized carbons (Fsp3) is 0.429. The Morgan fingerprint density at radius 3 is 2.74 bits per heavy atom. The normalized spacial score (nSPS) is 29.7. The van der Waals surface area contributed by atoms with Gasteiger partial charge in [-0.2, -0.15) is 0 Å². The number of aliphatic imine (C=N–C) groups is 1. The number of thioether (sulfide) groups is 1. The quantitative estimate of drug-likeness (QED) is 0.905.